The van der Waals surface area contributed by atoms with E-state index in [2.05, 4.69) is 4.99 Å². The Morgan fingerprint density at radius 1 is 1.14 bits per heavy atom. The van der Waals surface area contributed by atoms with Crippen LogP contribution in [0.5, 0.6) is 5.75 Å². The number of rotatable bonds is 6. The monoisotopic (exact) mass is 384 g/mol. The van der Waals surface area contributed by atoms with Crippen LogP contribution in [0.4, 0.5) is 10.5 Å². The van der Waals surface area contributed by atoms with Gasteiger partial charge in [-0.15, -0.1) is 0 Å². The van der Waals surface area contributed by atoms with Gasteiger partial charge in [-0.05, 0) is 37.3 Å². The van der Waals surface area contributed by atoms with Crippen molar-refractivity contribution < 1.29 is 24.2 Å². The predicted molar refractivity (Wildman–Crippen MR) is 108 cm³/mol. The fraction of sp³-hybridized carbons (Fsp3) is 0.238. The molecule has 7 heteroatoms. The highest BCUT2D eigenvalue weighted by Crippen LogP contribution is 2.23. The summed E-state index contributed by atoms with van der Waals surface area (Å²) in [6, 6.07) is 14.0. The highest BCUT2D eigenvalue weighted by Gasteiger charge is 2.19. The number of allylic oxidation sites excluding steroid dienone is 1. The topological polar surface area (TPSA) is 80.6 Å². The number of methoxy groups -OCH3 is 1. The Kier molecular flexibility index (Phi) is 7.59. The molecule has 0 atom stereocenters. The molecule has 1 N–H and O–H groups in total. The number of anilines is 1. The van der Waals surface area contributed by atoms with Crippen molar-refractivity contribution in [2.45, 2.75) is 20.5 Å². The lowest BCUT2D eigenvalue weighted by molar-refractivity contribution is 0.115. The van der Waals surface area contributed by atoms with E-state index in [9.17, 15) is 9.90 Å². The number of amides is 1. The molecule has 28 heavy (non-hydrogen) atoms. The molecular formula is C21H24N2O5. The van der Waals surface area contributed by atoms with E-state index in [1.165, 1.54) is 14.2 Å². The number of ether oxygens (including phenoxy) is 2. The van der Waals surface area contributed by atoms with Gasteiger partial charge in [0.2, 0.25) is 0 Å². The molecule has 2 aromatic rings. The Labute approximate surface area is 164 Å². The van der Waals surface area contributed by atoms with Gasteiger partial charge in [0.05, 0.1) is 25.6 Å². The van der Waals surface area contributed by atoms with Gasteiger partial charge in [-0.25, -0.2) is 9.79 Å². The maximum Gasteiger partial charge on any atom is 0.438 e. The number of hydrogen-bond acceptors (Lipinski definition) is 6. The molecule has 2 rings (SSSR count). The quantitative estimate of drug-likeness (QED) is 0.450. The fourth-order valence-electron chi connectivity index (χ4n) is 2.50. The van der Waals surface area contributed by atoms with Crippen molar-refractivity contribution in [2.24, 2.45) is 4.99 Å². The zero-order chi connectivity index (χ0) is 20.5. The van der Waals surface area contributed by atoms with E-state index in [4.69, 9.17) is 14.3 Å². The van der Waals surface area contributed by atoms with Crippen LogP contribution in [0.3, 0.4) is 0 Å². The Morgan fingerprint density at radius 3 is 2.43 bits per heavy atom. The zero-order valence-electron chi connectivity index (χ0n) is 16.4. The Bertz CT molecular complexity index is 859. The molecule has 0 aliphatic heterocycles. The summed E-state index contributed by atoms with van der Waals surface area (Å²) in [5.74, 6) is 0.652. The number of hydroxylamine groups is 1. The lowest BCUT2D eigenvalue weighted by Gasteiger charge is -2.21. The molecule has 0 heterocycles. The Balaban J connectivity index is 2.16. The molecule has 0 aliphatic rings. The van der Waals surface area contributed by atoms with Crippen molar-refractivity contribution in [3.8, 4) is 5.75 Å². The van der Waals surface area contributed by atoms with E-state index in [0.29, 0.717) is 11.6 Å². The highest BCUT2D eigenvalue weighted by atomic mass is 16.7. The number of aliphatic imine (C=N–C) groups is 1. The number of aromatic hydroxyl groups is 1. The van der Waals surface area contributed by atoms with Crippen LogP contribution in [-0.2, 0) is 20.9 Å². The van der Waals surface area contributed by atoms with E-state index in [1.807, 2.05) is 25.1 Å². The normalized spacial score (nSPS) is 11.9. The molecule has 1 amide bonds. The fourth-order valence-corrected chi connectivity index (χ4v) is 2.50. The first-order valence-corrected chi connectivity index (χ1v) is 8.64. The summed E-state index contributed by atoms with van der Waals surface area (Å²) in [4.78, 5) is 21.5. The largest absolute Gasteiger partial charge is 0.508 e. The lowest BCUT2D eigenvalue weighted by Crippen LogP contribution is -2.30. The van der Waals surface area contributed by atoms with Gasteiger partial charge < -0.3 is 14.6 Å². The van der Waals surface area contributed by atoms with Gasteiger partial charge in [0, 0.05) is 18.1 Å². The maximum atomic E-state index is 11.9. The molecule has 0 spiro atoms. The summed E-state index contributed by atoms with van der Waals surface area (Å²) in [5.41, 5.74) is 2.84. The van der Waals surface area contributed by atoms with Gasteiger partial charge in [-0.1, -0.05) is 24.3 Å². The molecule has 0 aromatic heterocycles. The first-order valence-electron chi connectivity index (χ1n) is 8.64. The Morgan fingerprint density at radius 2 is 1.82 bits per heavy atom. The number of carbonyl (C=O) groups excluding carboxylic acids is 1. The lowest BCUT2D eigenvalue weighted by atomic mass is 10.1. The second kappa shape index (κ2) is 10.1. The second-order valence-electron chi connectivity index (χ2n) is 5.72. The molecule has 148 valence electrons. The van der Waals surface area contributed by atoms with E-state index in [1.54, 1.807) is 43.3 Å². The van der Waals surface area contributed by atoms with Crippen LogP contribution in [0.15, 0.2) is 59.6 Å². The summed E-state index contributed by atoms with van der Waals surface area (Å²) in [6.45, 7) is 3.82. The number of para-hydroxylation sites is 1. The van der Waals surface area contributed by atoms with Crippen LogP contribution >= 0.6 is 0 Å². The van der Waals surface area contributed by atoms with Crippen LogP contribution in [0, 0.1) is 0 Å². The van der Waals surface area contributed by atoms with Crippen LogP contribution in [-0.4, -0.2) is 31.3 Å². The van der Waals surface area contributed by atoms with Crippen LogP contribution in [0.25, 0.3) is 5.70 Å². The van der Waals surface area contributed by atoms with Gasteiger partial charge in [0.15, 0.2) is 5.90 Å². The SMILES string of the molecule is C/C=C(\N=C(C)OCc1ccccc1N(OC)C(=O)OC)c1ccc(O)cc1. The summed E-state index contributed by atoms with van der Waals surface area (Å²) >= 11 is 0. The molecule has 0 saturated heterocycles. The predicted octanol–water partition coefficient (Wildman–Crippen LogP) is 4.52. The standard InChI is InChI=1S/C21H24N2O5/c1-5-19(16-10-12-18(24)13-11-16)22-15(2)28-14-17-8-6-7-9-20(17)23(27-4)21(25)26-3/h5-13,24H,14H2,1-4H3/b19-5-,22-15?. The first kappa shape index (κ1) is 21.0. The van der Waals surface area contributed by atoms with Gasteiger partial charge >= 0.3 is 6.09 Å². The van der Waals surface area contributed by atoms with E-state index >= 15 is 0 Å². The van der Waals surface area contributed by atoms with Gasteiger partial charge in [-0.3, -0.25) is 4.84 Å². The minimum Gasteiger partial charge on any atom is -0.508 e. The summed E-state index contributed by atoms with van der Waals surface area (Å²) in [6.07, 6.45) is 1.22. The zero-order valence-corrected chi connectivity index (χ0v) is 16.4. The Hall–Kier alpha value is -3.32. The molecule has 0 radical (unpaired) electrons. The van der Waals surface area contributed by atoms with Crippen LogP contribution < -0.4 is 5.06 Å². The molecular weight excluding hydrogens is 360 g/mol. The third-order valence-corrected chi connectivity index (χ3v) is 3.88. The average Bonchev–Trinajstić information content (AvgIpc) is 2.72. The smallest absolute Gasteiger partial charge is 0.438 e. The molecule has 0 bridgehead atoms. The molecule has 0 fully saturated rings. The second-order valence-corrected chi connectivity index (χ2v) is 5.72. The van der Waals surface area contributed by atoms with Crippen LogP contribution in [0.2, 0.25) is 0 Å². The van der Waals surface area contributed by atoms with Crippen molar-refractivity contribution in [1.29, 1.82) is 0 Å². The first-order chi connectivity index (χ1) is 13.5. The minimum atomic E-state index is -0.635. The number of carbonyl (C=O) groups is 1. The summed E-state index contributed by atoms with van der Waals surface area (Å²) in [5, 5.41) is 10.5. The number of nitrogens with zero attached hydrogens (tertiary/aromatic N) is 2. The highest BCUT2D eigenvalue weighted by molar-refractivity contribution is 5.86. The van der Waals surface area contributed by atoms with Gasteiger partial charge in [0.25, 0.3) is 0 Å². The molecule has 0 unspecified atom stereocenters. The van der Waals surface area contributed by atoms with Crippen molar-refractivity contribution in [2.75, 3.05) is 19.3 Å². The van der Waals surface area contributed by atoms with Crippen molar-refractivity contribution in [3.63, 3.8) is 0 Å². The minimum absolute atomic E-state index is 0.189. The molecule has 7 nitrogen and oxygen atoms in total. The van der Waals surface area contributed by atoms with Gasteiger partial charge in [-0.2, -0.15) is 5.06 Å². The summed E-state index contributed by atoms with van der Waals surface area (Å²) in [7, 11) is 2.67. The van der Waals surface area contributed by atoms with E-state index in [-0.39, 0.29) is 12.4 Å². The number of benzene rings is 2. The molecule has 2 aromatic carbocycles. The summed E-state index contributed by atoms with van der Waals surface area (Å²) < 4.78 is 10.5. The molecule has 0 aliphatic carbocycles. The van der Waals surface area contributed by atoms with Crippen molar-refractivity contribution >= 4 is 23.4 Å². The number of phenols is 1. The van der Waals surface area contributed by atoms with Gasteiger partial charge in [0.1, 0.15) is 12.4 Å². The van der Waals surface area contributed by atoms with Crippen LogP contribution in [0.1, 0.15) is 25.0 Å². The van der Waals surface area contributed by atoms with E-state index in [0.717, 1.165) is 21.9 Å². The maximum absolute atomic E-state index is 11.9. The van der Waals surface area contributed by atoms with E-state index < -0.39 is 6.09 Å². The number of hydrogen-bond donors (Lipinski definition) is 1. The molecule has 0 saturated carbocycles. The van der Waals surface area contributed by atoms with Crippen molar-refractivity contribution in [3.05, 3.63) is 65.7 Å². The third-order valence-electron chi connectivity index (χ3n) is 3.88. The number of phenolic OH excluding ortho intramolecular Hbond substituents is 1. The average molecular weight is 384 g/mol. The third kappa shape index (κ3) is 5.34. The van der Waals surface area contributed by atoms with Crippen molar-refractivity contribution in [1.82, 2.24) is 0 Å².